The van der Waals surface area contributed by atoms with Crippen LogP contribution in [0.2, 0.25) is 5.02 Å². The van der Waals surface area contributed by atoms with E-state index in [1.807, 2.05) is 6.07 Å². The highest BCUT2D eigenvalue weighted by Crippen LogP contribution is 2.25. The molecule has 1 N–H and O–H groups in total. The lowest BCUT2D eigenvalue weighted by Gasteiger charge is -2.04. The standard InChI is InChI=1S/C12H6ClFN2O/c13-10-5-7(1-2-11(10)14)8-3-4-16-12(17)9(8)6-15/h1-5H,(H,16,17). The Balaban J connectivity index is 2.69. The van der Waals surface area contributed by atoms with Gasteiger partial charge in [0.05, 0.1) is 5.02 Å². The summed E-state index contributed by atoms with van der Waals surface area (Å²) in [6.45, 7) is 0. The Hall–Kier alpha value is -2.12. The van der Waals surface area contributed by atoms with E-state index in [4.69, 9.17) is 16.9 Å². The normalized spacial score (nSPS) is 9.94. The molecular weight excluding hydrogens is 243 g/mol. The maximum absolute atomic E-state index is 13.0. The van der Waals surface area contributed by atoms with Crippen LogP contribution in [0.3, 0.4) is 0 Å². The van der Waals surface area contributed by atoms with E-state index < -0.39 is 11.4 Å². The summed E-state index contributed by atoms with van der Waals surface area (Å²) in [6, 6.07) is 7.43. The Kier molecular flexibility index (Phi) is 2.94. The largest absolute Gasteiger partial charge is 0.328 e. The molecule has 1 aromatic heterocycles. The van der Waals surface area contributed by atoms with Gasteiger partial charge in [-0.05, 0) is 23.8 Å². The molecule has 0 amide bonds. The zero-order chi connectivity index (χ0) is 12.4. The molecule has 0 unspecified atom stereocenters. The van der Waals surface area contributed by atoms with E-state index >= 15 is 0 Å². The molecule has 0 spiro atoms. The third-order valence-electron chi connectivity index (χ3n) is 2.30. The summed E-state index contributed by atoms with van der Waals surface area (Å²) in [4.78, 5) is 13.8. The molecule has 0 aliphatic carbocycles. The molecule has 0 fully saturated rings. The van der Waals surface area contributed by atoms with Gasteiger partial charge in [-0.1, -0.05) is 17.7 Å². The van der Waals surface area contributed by atoms with Gasteiger partial charge in [0.1, 0.15) is 17.4 Å². The highest BCUT2D eigenvalue weighted by Gasteiger charge is 2.10. The molecule has 0 aliphatic rings. The van der Waals surface area contributed by atoms with E-state index in [-0.39, 0.29) is 10.6 Å². The fourth-order valence-corrected chi connectivity index (χ4v) is 1.67. The Morgan fingerprint density at radius 2 is 2.12 bits per heavy atom. The Morgan fingerprint density at radius 3 is 2.76 bits per heavy atom. The molecule has 0 saturated heterocycles. The van der Waals surface area contributed by atoms with Crippen molar-refractivity contribution in [3.05, 3.63) is 57.2 Å². The lowest BCUT2D eigenvalue weighted by Crippen LogP contribution is -2.10. The second kappa shape index (κ2) is 4.40. The minimum atomic E-state index is -0.543. The van der Waals surface area contributed by atoms with E-state index in [1.165, 1.54) is 24.4 Å². The van der Waals surface area contributed by atoms with Crippen molar-refractivity contribution in [3.8, 4) is 17.2 Å². The van der Waals surface area contributed by atoms with Gasteiger partial charge in [-0.15, -0.1) is 0 Å². The van der Waals surface area contributed by atoms with Crippen LogP contribution in [0, 0.1) is 17.1 Å². The number of rotatable bonds is 1. The number of hydrogen-bond acceptors (Lipinski definition) is 2. The van der Waals surface area contributed by atoms with Gasteiger partial charge < -0.3 is 4.98 Å². The van der Waals surface area contributed by atoms with Gasteiger partial charge in [0.15, 0.2) is 0 Å². The molecule has 0 saturated carbocycles. The Morgan fingerprint density at radius 1 is 1.35 bits per heavy atom. The summed E-state index contributed by atoms with van der Waals surface area (Å²) in [5, 5.41) is 8.86. The molecule has 0 aliphatic heterocycles. The van der Waals surface area contributed by atoms with Crippen LogP contribution in [0.15, 0.2) is 35.3 Å². The number of benzene rings is 1. The second-order valence-corrected chi connectivity index (χ2v) is 3.74. The number of nitrogens with zero attached hydrogens (tertiary/aromatic N) is 1. The Labute approximate surface area is 101 Å². The van der Waals surface area contributed by atoms with Crippen molar-refractivity contribution in [2.75, 3.05) is 0 Å². The third kappa shape index (κ3) is 2.05. The van der Waals surface area contributed by atoms with Crippen molar-refractivity contribution in [3.63, 3.8) is 0 Å². The molecule has 1 aromatic carbocycles. The van der Waals surface area contributed by atoms with Gasteiger partial charge in [0.25, 0.3) is 5.56 Å². The first-order valence-corrected chi connectivity index (χ1v) is 5.08. The molecule has 5 heteroatoms. The molecule has 17 heavy (non-hydrogen) atoms. The van der Waals surface area contributed by atoms with Gasteiger partial charge in [-0.2, -0.15) is 5.26 Å². The van der Waals surface area contributed by atoms with Crippen molar-refractivity contribution in [1.29, 1.82) is 5.26 Å². The molecule has 2 rings (SSSR count). The third-order valence-corrected chi connectivity index (χ3v) is 2.59. The van der Waals surface area contributed by atoms with E-state index in [2.05, 4.69) is 4.98 Å². The summed E-state index contributed by atoms with van der Waals surface area (Å²) >= 11 is 5.66. The van der Waals surface area contributed by atoms with E-state index in [0.29, 0.717) is 11.1 Å². The summed E-state index contributed by atoms with van der Waals surface area (Å²) in [5.41, 5.74) is 0.456. The van der Waals surface area contributed by atoms with Crippen LogP contribution < -0.4 is 5.56 Å². The average molecular weight is 249 g/mol. The number of pyridine rings is 1. The highest BCUT2D eigenvalue weighted by atomic mass is 35.5. The maximum Gasteiger partial charge on any atom is 0.266 e. The first kappa shape index (κ1) is 11.4. The molecule has 3 nitrogen and oxygen atoms in total. The lowest BCUT2D eigenvalue weighted by atomic mass is 10.0. The molecular formula is C12H6ClFN2O. The van der Waals surface area contributed by atoms with Gasteiger partial charge in [0, 0.05) is 11.8 Å². The quantitative estimate of drug-likeness (QED) is 0.844. The fraction of sp³-hybridized carbons (Fsp3) is 0. The lowest BCUT2D eigenvalue weighted by molar-refractivity contribution is 0.628. The summed E-state index contributed by atoms with van der Waals surface area (Å²) in [6.07, 6.45) is 1.43. The van der Waals surface area contributed by atoms with Crippen LogP contribution in [0.1, 0.15) is 5.56 Å². The van der Waals surface area contributed by atoms with Crippen molar-refractivity contribution in [2.24, 2.45) is 0 Å². The Bertz CT molecular complexity index is 673. The van der Waals surface area contributed by atoms with Crippen molar-refractivity contribution in [1.82, 2.24) is 4.98 Å². The predicted octanol–water partition coefficient (Wildman–Crippen LogP) is 2.71. The number of hydrogen-bond donors (Lipinski definition) is 1. The minimum absolute atomic E-state index is 0.0184. The van der Waals surface area contributed by atoms with Crippen LogP contribution in [-0.4, -0.2) is 4.98 Å². The monoisotopic (exact) mass is 248 g/mol. The smallest absolute Gasteiger partial charge is 0.266 e. The second-order valence-electron chi connectivity index (χ2n) is 3.34. The van der Waals surface area contributed by atoms with Gasteiger partial charge in [-0.3, -0.25) is 4.79 Å². The maximum atomic E-state index is 13.0. The minimum Gasteiger partial charge on any atom is -0.328 e. The molecule has 0 atom stereocenters. The van der Waals surface area contributed by atoms with Crippen LogP contribution in [-0.2, 0) is 0 Å². The molecule has 0 bridgehead atoms. The van der Waals surface area contributed by atoms with Crippen LogP contribution in [0.4, 0.5) is 4.39 Å². The number of H-pyrrole nitrogens is 1. The first-order valence-electron chi connectivity index (χ1n) is 4.70. The van der Waals surface area contributed by atoms with E-state index in [9.17, 15) is 9.18 Å². The predicted molar refractivity (Wildman–Crippen MR) is 62.2 cm³/mol. The summed E-state index contributed by atoms with van der Waals surface area (Å²) in [5.74, 6) is -0.543. The summed E-state index contributed by atoms with van der Waals surface area (Å²) in [7, 11) is 0. The number of nitrogens with one attached hydrogen (secondary N) is 1. The zero-order valence-corrected chi connectivity index (χ0v) is 9.25. The highest BCUT2D eigenvalue weighted by molar-refractivity contribution is 6.31. The number of halogens is 2. The SMILES string of the molecule is N#Cc1c(-c2ccc(F)c(Cl)c2)cc[nH]c1=O. The van der Waals surface area contributed by atoms with Crippen molar-refractivity contribution < 1.29 is 4.39 Å². The average Bonchev–Trinajstić information content (AvgIpc) is 2.32. The van der Waals surface area contributed by atoms with Crippen LogP contribution >= 0.6 is 11.6 Å². The van der Waals surface area contributed by atoms with E-state index in [0.717, 1.165) is 0 Å². The molecule has 0 radical (unpaired) electrons. The van der Waals surface area contributed by atoms with Crippen molar-refractivity contribution >= 4 is 11.6 Å². The number of nitriles is 1. The molecule has 1 heterocycles. The first-order chi connectivity index (χ1) is 8.13. The van der Waals surface area contributed by atoms with Crippen LogP contribution in [0.5, 0.6) is 0 Å². The molecule has 2 aromatic rings. The van der Waals surface area contributed by atoms with Gasteiger partial charge in [0.2, 0.25) is 0 Å². The van der Waals surface area contributed by atoms with E-state index in [1.54, 1.807) is 6.07 Å². The summed E-state index contributed by atoms with van der Waals surface area (Å²) < 4.78 is 13.0. The number of aromatic nitrogens is 1. The van der Waals surface area contributed by atoms with Crippen molar-refractivity contribution in [2.45, 2.75) is 0 Å². The van der Waals surface area contributed by atoms with Gasteiger partial charge in [-0.25, -0.2) is 4.39 Å². The van der Waals surface area contributed by atoms with Gasteiger partial charge >= 0.3 is 0 Å². The molecule has 84 valence electrons. The van der Waals surface area contributed by atoms with Crippen LogP contribution in [0.25, 0.3) is 11.1 Å². The topological polar surface area (TPSA) is 56.6 Å². The number of aromatic amines is 1. The zero-order valence-electron chi connectivity index (χ0n) is 8.50. The fourth-order valence-electron chi connectivity index (χ4n) is 1.49.